The van der Waals surface area contributed by atoms with E-state index >= 15 is 0 Å². The first-order valence-corrected chi connectivity index (χ1v) is 6.84. The number of rotatable bonds is 1. The fourth-order valence-corrected chi connectivity index (χ4v) is 2.76. The van der Waals surface area contributed by atoms with Gasteiger partial charge >= 0.3 is 0 Å². The molecule has 2 N–H and O–H groups in total. The van der Waals surface area contributed by atoms with Crippen LogP contribution < -0.4 is 10.6 Å². The summed E-state index contributed by atoms with van der Waals surface area (Å²) in [5.74, 6) is 0.0784. The zero-order valence-electron chi connectivity index (χ0n) is 11.8. The van der Waals surface area contributed by atoms with Crippen LogP contribution in [-0.2, 0) is 6.42 Å². The highest BCUT2D eigenvalue weighted by Crippen LogP contribution is 2.31. The van der Waals surface area contributed by atoms with Gasteiger partial charge in [0.25, 0.3) is 5.91 Å². The molecular weight excluding hydrogens is 248 g/mol. The van der Waals surface area contributed by atoms with E-state index in [0.29, 0.717) is 0 Å². The Morgan fingerprint density at radius 1 is 1.20 bits per heavy atom. The van der Waals surface area contributed by atoms with E-state index in [9.17, 15) is 4.79 Å². The Morgan fingerprint density at radius 2 is 2.00 bits per heavy atom. The Balaban J connectivity index is 2.00. The molecule has 1 amide bonds. The number of nitrogens with zero attached hydrogens (tertiary/aromatic N) is 1. The summed E-state index contributed by atoms with van der Waals surface area (Å²) in [5.41, 5.74) is 11.7. The van der Waals surface area contributed by atoms with Gasteiger partial charge in [0, 0.05) is 23.5 Å². The lowest BCUT2D eigenvalue weighted by Gasteiger charge is -2.19. The predicted molar refractivity (Wildman–Crippen MR) is 82.2 cm³/mol. The molecule has 0 bridgehead atoms. The van der Waals surface area contributed by atoms with E-state index in [4.69, 9.17) is 5.73 Å². The Labute approximate surface area is 119 Å². The highest BCUT2D eigenvalue weighted by Gasteiger charge is 2.26. The molecule has 0 spiro atoms. The smallest absolute Gasteiger partial charge is 0.258 e. The summed E-state index contributed by atoms with van der Waals surface area (Å²) in [4.78, 5) is 14.6. The van der Waals surface area contributed by atoms with Gasteiger partial charge in [0.2, 0.25) is 0 Å². The van der Waals surface area contributed by atoms with Crippen LogP contribution in [0.1, 0.15) is 27.0 Å². The largest absolute Gasteiger partial charge is 0.399 e. The Morgan fingerprint density at radius 3 is 2.80 bits per heavy atom. The third-order valence-corrected chi connectivity index (χ3v) is 4.08. The number of hydrogen-bond acceptors (Lipinski definition) is 2. The first-order valence-electron chi connectivity index (χ1n) is 6.84. The second kappa shape index (κ2) is 4.67. The molecule has 0 atom stereocenters. The lowest BCUT2D eigenvalue weighted by Crippen LogP contribution is -2.29. The van der Waals surface area contributed by atoms with Crippen molar-refractivity contribution in [2.24, 2.45) is 0 Å². The number of amides is 1. The monoisotopic (exact) mass is 266 g/mol. The summed E-state index contributed by atoms with van der Waals surface area (Å²) in [7, 11) is 0. The van der Waals surface area contributed by atoms with Crippen LogP contribution in [0.3, 0.4) is 0 Å². The molecule has 0 saturated heterocycles. The molecule has 20 heavy (non-hydrogen) atoms. The number of aryl methyl sites for hydroxylation is 1. The van der Waals surface area contributed by atoms with Crippen molar-refractivity contribution in [3.05, 3.63) is 58.7 Å². The zero-order valence-corrected chi connectivity index (χ0v) is 11.8. The number of fused-ring (bicyclic) bond motifs is 1. The maximum atomic E-state index is 12.8. The number of anilines is 2. The van der Waals surface area contributed by atoms with Crippen LogP contribution in [0.5, 0.6) is 0 Å². The molecule has 2 aromatic rings. The van der Waals surface area contributed by atoms with E-state index in [-0.39, 0.29) is 5.91 Å². The molecule has 3 rings (SSSR count). The molecule has 3 nitrogen and oxygen atoms in total. The summed E-state index contributed by atoms with van der Waals surface area (Å²) in [6, 6.07) is 11.6. The first kappa shape index (κ1) is 12.7. The quantitative estimate of drug-likeness (QED) is 0.806. The van der Waals surface area contributed by atoms with E-state index in [1.807, 2.05) is 55.1 Å². The van der Waals surface area contributed by atoms with Crippen LogP contribution in [0.25, 0.3) is 0 Å². The molecule has 3 heteroatoms. The molecule has 0 aromatic heterocycles. The number of benzene rings is 2. The van der Waals surface area contributed by atoms with Gasteiger partial charge in [-0.05, 0) is 61.2 Å². The first-order chi connectivity index (χ1) is 9.58. The number of carbonyl (C=O) groups excluding carboxylic acids is 1. The summed E-state index contributed by atoms with van der Waals surface area (Å²) in [5, 5.41) is 0. The molecule has 0 fully saturated rings. The van der Waals surface area contributed by atoms with E-state index in [1.165, 1.54) is 0 Å². The summed E-state index contributed by atoms with van der Waals surface area (Å²) in [6.45, 7) is 4.76. The van der Waals surface area contributed by atoms with E-state index in [1.54, 1.807) is 0 Å². The van der Waals surface area contributed by atoms with Crippen molar-refractivity contribution in [2.75, 3.05) is 17.2 Å². The van der Waals surface area contributed by atoms with E-state index in [0.717, 1.165) is 46.6 Å². The lowest BCUT2D eigenvalue weighted by atomic mass is 10.0. The van der Waals surface area contributed by atoms with Gasteiger partial charge in [0.05, 0.1) is 0 Å². The van der Waals surface area contributed by atoms with Gasteiger partial charge in [0.15, 0.2) is 0 Å². The zero-order chi connectivity index (χ0) is 14.3. The molecule has 1 aliphatic rings. The van der Waals surface area contributed by atoms with Gasteiger partial charge < -0.3 is 10.6 Å². The highest BCUT2D eigenvalue weighted by molar-refractivity contribution is 6.08. The average Bonchev–Trinajstić information content (AvgIpc) is 2.84. The number of hydrogen-bond donors (Lipinski definition) is 1. The SMILES string of the molecule is Cc1cccc(C(=O)N2CCc3cc(N)ccc32)c1C. The molecule has 2 aromatic carbocycles. The molecule has 0 saturated carbocycles. The predicted octanol–water partition coefficient (Wildman–Crippen LogP) is 3.09. The van der Waals surface area contributed by atoms with Crippen LogP contribution in [-0.4, -0.2) is 12.5 Å². The maximum Gasteiger partial charge on any atom is 0.258 e. The van der Waals surface area contributed by atoms with Crippen molar-refractivity contribution < 1.29 is 4.79 Å². The Kier molecular flexibility index (Phi) is 2.97. The molecule has 1 heterocycles. The molecule has 0 radical (unpaired) electrons. The minimum atomic E-state index is 0.0784. The van der Waals surface area contributed by atoms with Crippen molar-refractivity contribution in [1.29, 1.82) is 0 Å². The summed E-state index contributed by atoms with van der Waals surface area (Å²) >= 11 is 0. The van der Waals surface area contributed by atoms with Gasteiger partial charge in [-0.3, -0.25) is 4.79 Å². The molecule has 0 unspecified atom stereocenters. The topological polar surface area (TPSA) is 46.3 Å². The average molecular weight is 266 g/mol. The van der Waals surface area contributed by atoms with Crippen molar-refractivity contribution in [2.45, 2.75) is 20.3 Å². The van der Waals surface area contributed by atoms with Gasteiger partial charge in [-0.25, -0.2) is 0 Å². The summed E-state index contributed by atoms with van der Waals surface area (Å²) < 4.78 is 0. The van der Waals surface area contributed by atoms with Gasteiger partial charge in [-0.1, -0.05) is 12.1 Å². The molecule has 1 aliphatic heterocycles. The fraction of sp³-hybridized carbons (Fsp3) is 0.235. The Bertz CT molecular complexity index is 691. The van der Waals surface area contributed by atoms with Crippen molar-refractivity contribution >= 4 is 17.3 Å². The second-order valence-corrected chi connectivity index (χ2v) is 5.34. The maximum absolute atomic E-state index is 12.8. The van der Waals surface area contributed by atoms with Crippen LogP contribution >= 0.6 is 0 Å². The van der Waals surface area contributed by atoms with E-state index in [2.05, 4.69) is 0 Å². The highest BCUT2D eigenvalue weighted by atomic mass is 16.2. The normalized spacial score (nSPS) is 13.4. The second-order valence-electron chi connectivity index (χ2n) is 5.34. The van der Waals surface area contributed by atoms with Crippen LogP contribution in [0.15, 0.2) is 36.4 Å². The van der Waals surface area contributed by atoms with Crippen LogP contribution in [0, 0.1) is 13.8 Å². The standard InChI is InChI=1S/C17H18N2O/c1-11-4-3-5-15(12(11)2)17(20)19-9-8-13-10-14(18)6-7-16(13)19/h3-7,10H,8-9,18H2,1-2H3. The third-order valence-electron chi connectivity index (χ3n) is 4.08. The van der Waals surface area contributed by atoms with E-state index < -0.39 is 0 Å². The minimum absolute atomic E-state index is 0.0784. The molecule has 102 valence electrons. The number of nitrogens with two attached hydrogens (primary N) is 1. The number of carbonyl (C=O) groups is 1. The number of nitrogen functional groups attached to an aromatic ring is 1. The molecule has 0 aliphatic carbocycles. The van der Waals surface area contributed by atoms with Gasteiger partial charge in [-0.15, -0.1) is 0 Å². The fourth-order valence-electron chi connectivity index (χ4n) is 2.76. The van der Waals surface area contributed by atoms with Gasteiger partial charge in [0.1, 0.15) is 0 Å². The van der Waals surface area contributed by atoms with Crippen LogP contribution in [0.2, 0.25) is 0 Å². The Hall–Kier alpha value is -2.29. The van der Waals surface area contributed by atoms with Crippen molar-refractivity contribution in [1.82, 2.24) is 0 Å². The van der Waals surface area contributed by atoms with Crippen LogP contribution in [0.4, 0.5) is 11.4 Å². The summed E-state index contributed by atoms with van der Waals surface area (Å²) in [6.07, 6.45) is 0.872. The molecular formula is C17H18N2O. The lowest BCUT2D eigenvalue weighted by molar-refractivity contribution is 0.0988. The van der Waals surface area contributed by atoms with Crippen molar-refractivity contribution in [3.63, 3.8) is 0 Å². The third kappa shape index (κ3) is 1.95. The van der Waals surface area contributed by atoms with Crippen molar-refractivity contribution in [3.8, 4) is 0 Å². The minimum Gasteiger partial charge on any atom is -0.399 e. The van der Waals surface area contributed by atoms with Gasteiger partial charge in [-0.2, -0.15) is 0 Å².